The van der Waals surface area contributed by atoms with E-state index in [0.29, 0.717) is 28.2 Å². The molecule has 3 aromatic rings. The van der Waals surface area contributed by atoms with Gasteiger partial charge in [-0.05, 0) is 25.1 Å². The van der Waals surface area contributed by atoms with Gasteiger partial charge in [-0.3, -0.25) is 0 Å². The molecule has 0 fully saturated rings. The summed E-state index contributed by atoms with van der Waals surface area (Å²) in [6.07, 6.45) is 1.34. The van der Waals surface area contributed by atoms with Gasteiger partial charge < -0.3 is 15.8 Å². The molecule has 5 nitrogen and oxygen atoms in total. The van der Waals surface area contributed by atoms with Crippen LogP contribution in [0.5, 0.6) is 5.75 Å². The lowest BCUT2D eigenvalue weighted by atomic mass is 10.1. The normalized spacial score (nSPS) is 10.8. The Hall–Kier alpha value is -2.96. The molecule has 1 aromatic heterocycles. The summed E-state index contributed by atoms with van der Waals surface area (Å²) >= 11 is 0. The lowest BCUT2D eigenvalue weighted by Crippen LogP contribution is -2.01. The zero-order valence-electron chi connectivity index (χ0n) is 12.5. The summed E-state index contributed by atoms with van der Waals surface area (Å²) in [6.45, 7) is 1.37. The molecule has 0 bridgehead atoms. The van der Waals surface area contributed by atoms with E-state index in [-0.39, 0.29) is 11.3 Å². The Labute approximate surface area is 131 Å². The largest absolute Gasteiger partial charge is 0.495 e. The Morgan fingerprint density at radius 2 is 1.96 bits per heavy atom. The highest BCUT2D eigenvalue weighted by molar-refractivity contribution is 5.94. The predicted molar refractivity (Wildman–Crippen MR) is 84.9 cm³/mol. The van der Waals surface area contributed by atoms with E-state index in [0.717, 1.165) is 0 Å². The van der Waals surface area contributed by atoms with Gasteiger partial charge in [0.05, 0.1) is 24.0 Å². The van der Waals surface area contributed by atoms with Crippen molar-refractivity contribution in [1.29, 1.82) is 0 Å². The average Bonchev–Trinajstić information content (AvgIpc) is 2.55. The summed E-state index contributed by atoms with van der Waals surface area (Å²) in [6, 6.07) is 5.83. The molecule has 0 unspecified atom stereocenters. The molecule has 23 heavy (non-hydrogen) atoms. The van der Waals surface area contributed by atoms with E-state index in [9.17, 15) is 8.78 Å². The minimum atomic E-state index is -0.668. The van der Waals surface area contributed by atoms with Crippen molar-refractivity contribution in [3.8, 4) is 5.75 Å². The van der Waals surface area contributed by atoms with Crippen LogP contribution >= 0.6 is 0 Å². The topological polar surface area (TPSA) is 73.1 Å². The summed E-state index contributed by atoms with van der Waals surface area (Å²) in [7, 11) is 1.51. The Kier molecular flexibility index (Phi) is 3.69. The molecule has 0 aliphatic heterocycles. The van der Waals surface area contributed by atoms with Gasteiger partial charge in [0.2, 0.25) is 0 Å². The number of nitrogens with zero attached hydrogens (tertiary/aromatic N) is 2. The number of fused-ring (bicyclic) bond motifs is 1. The highest BCUT2D eigenvalue weighted by atomic mass is 19.1. The van der Waals surface area contributed by atoms with Gasteiger partial charge in [0.15, 0.2) is 5.82 Å². The number of ether oxygens (including phenoxy) is 1. The first-order valence-corrected chi connectivity index (χ1v) is 6.81. The fraction of sp³-hybridized carbons (Fsp3) is 0.125. The van der Waals surface area contributed by atoms with E-state index in [4.69, 9.17) is 10.5 Å². The Morgan fingerprint density at radius 3 is 2.70 bits per heavy atom. The van der Waals surface area contributed by atoms with Gasteiger partial charge in [-0.2, -0.15) is 0 Å². The van der Waals surface area contributed by atoms with Crippen molar-refractivity contribution in [2.75, 3.05) is 18.2 Å². The molecule has 1 heterocycles. The smallest absolute Gasteiger partial charge is 0.152 e. The summed E-state index contributed by atoms with van der Waals surface area (Å²) in [4.78, 5) is 8.26. The molecule has 2 aromatic carbocycles. The van der Waals surface area contributed by atoms with E-state index in [1.54, 1.807) is 12.1 Å². The van der Waals surface area contributed by atoms with E-state index in [1.165, 1.54) is 32.5 Å². The van der Waals surface area contributed by atoms with Crippen LogP contribution in [0.2, 0.25) is 0 Å². The Bertz CT molecular complexity index is 899. The Morgan fingerprint density at radius 1 is 1.17 bits per heavy atom. The number of nitrogen functional groups attached to an aromatic ring is 1. The average molecular weight is 316 g/mol. The number of rotatable bonds is 3. The van der Waals surface area contributed by atoms with Gasteiger partial charge in [-0.25, -0.2) is 18.7 Å². The van der Waals surface area contributed by atoms with Crippen molar-refractivity contribution >= 4 is 28.1 Å². The molecule has 0 spiro atoms. The van der Waals surface area contributed by atoms with Crippen LogP contribution in [-0.2, 0) is 0 Å². The molecule has 3 rings (SSSR count). The molecule has 7 heteroatoms. The highest BCUT2D eigenvalue weighted by Crippen LogP contribution is 2.32. The molecule has 0 saturated carbocycles. The van der Waals surface area contributed by atoms with E-state index in [1.807, 2.05) is 0 Å². The van der Waals surface area contributed by atoms with Crippen LogP contribution in [-0.4, -0.2) is 17.1 Å². The third kappa shape index (κ3) is 2.61. The van der Waals surface area contributed by atoms with E-state index >= 15 is 0 Å². The lowest BCUT2D eigenvalue weighted by Gasteiger charge is -2.12. The van der Waals surface area contributed by atoms with Gasteiger partial charge in [0, 0.05) is 17.0 Å². The van der Waals surface area contributed by atoms with Gasteiger partial charge in [-0.1, -0.05) is 0 Å². The number of benzene rings is 2. The SMILES string of the molecule is COc1cc2ncnc(Nc3ccc(F)c(C)c3F)c2cc1N. The van der Waals surface area contributed by atoms with Crippen LogP contribution in [0.15, 0.2) is 30.6 Å². The molecule has 0 atom stereocenters. The molecule has 3 N–H and O–H groups in total. The van der Waals surface area contributed by atoms with Crippen molar-refractivity contribution in [1.82, 2.24) is 9.97 Å². The number of halogens is 2. The Balaban J connectivity index is 2.11. The van der Waals surface area contributed by atoms with Crippen LogP contribution in [0.25, 0.3) is 10.9 Å². The van der Waals surface area contributed by atoms with Crippen molar-refractivity contribution in [3.63, 3.8) is 0 Å². The molecule has 0 amide bonds. The number of hydrogen-bond donors (Lipinski definition) is 2. The number of nitrogens with two attached hydrogens (primary N) is 1. The maximum Gasteiger partial charge on any atom is 0.152 e. The zero-order valence-corrected chi connectivity index (χ0v) is 12.5. The standard InChI is InChI=1S/C16H14F2N4O/c1-8-10(17)3-4-12(15(8)18)22-16-9-5-11(19)14(23-2)6-13(9)20-7-21-16/h3-7H,19H2,1-2H3,(H,20,21,22). The number of hydrogen-bond acceptors (Lipinski definition) is 5. The van der Waals surface area contributed by atoms with Crippen LogP contribution in [0.3, 0.4) is 0 Å². The molecule has 118 valence electrons. The number of aromatic nitrogens is 2. The van der Waals surface area contributed by atoms with Gasteiger partial charge in [0.25, 0.3) is 0 Å². The van der Waals surface area contributed by atoms with Crippen LogP contribution in [0.4, 0.5) is 26.0 Å². The summed E-state index contributed by atoms with van der Waals surface area (Å²) in [5.74, 6) is -0.409. The van der Waals surface area contributed by atoms with Crippen LogP contribution in [0, 0.1) is 18.6 Å². The second-order valence-corrected chi connectivity index (χ2v) is 4.99. The maximum atomic E-state index is 14.2. The first-order chi connectivity index (χ1) is 11.0. The van der Waals surface area contributed by atoms with Crippen LogP contribution < -0.4 is 15.8 Å². The van der Waals surface area contributed by atoms with E-state index < -0.39 is 11.6 Å². The number of methoxy groups -OCH3 is 1. The maximum absolute atomic E-state index is 14.2. The molecular weight excluding hydrogens is 302 g/mol. The molecule has 0 saturated heterocycles. The minimum absolute atomic E-state index is 0.0606. The van der Waals surface area contributed by atoms with Gasteiger partial charge >= 0.3 is 0 Å². The molecule has 0 aliphatic rings. The number of anilines is 3. The lowest BCUT2D eigenvalue weighted by molar-refractivity contribution is 0.417. The van der Waals surface area contributed by atoms with Crippen molar-refractivity contribution < 1.29 is 13.5 Å². The molecular formula is C16H14F2N4O. The van der Waals surface area contributed by atoms with Crippen molar-refractivity contribution in [2.45, 2.75) is 6.92 Å². The molecule has 0 radical (unpaired) electrons. The van der Waals surface area contributed by atoms with Gasteiger partial charge in [0.1, 0.15) is 23.7 Å². The highest BCUT2D eigenvalue weighted by Gasteiger charge is 2.13. The first kappa shape index (κ1) is 15.0. The van der Waals surface area contributed by atoms with Gasteiger partial charge in [-0.15, -0.1) is 0 Å². The third-order valence-electron chi connectivity index (χ3n) is 3.56. The molecule has 0 aliphatic carbocycles. The first-order valence-electron chi connectivity index (χ1n) is 6.81. The second-order valence-electron chi connectivity index (χ2n) is 4.99. The second kappa shape index (κ2) is 5.68. The van der Waals surface area contributed by atoms with Crippen LogP contribution in [0.1, 0.15) is 5.56 Å². The minimum Gasteiger partial charge on any atom is -0.495 e. The third-order valence-corrected chi connectivity index (χ3v) is 3.56. The zero-order chi connectivity index (χ0) is 16.6. The summed E-state index contributed by atoms with van der Waals surface area (Å²) in [5, 5.41) is 3.46. The fourth-order valence-electron chi connectivity index (χ4n) is 2.26. The fourth-order valence-corrected chi connectivity index (χ4v) is 2.26. The number of nitrogens with one attached hydrogen (secondary N) is 1. The predicted octanol–water partition coefficient (Wildman–Crippen LogP) is 3.55. The summed E-state index contributed by atoms with van der Waals surface area (Å²) < 4.78 is 32.7. The van der Waals surface area contributed by atoms with Crippen molar-refractivity contribution in [2.24, 2.45) is 0 Å². The summed E-state index contributed by atoms with van der Waals surface area (Å²) in [5.41, 5.74) is 6.97. The monoisotopic (exact) mass is 316 g/mol. The van der Waals surface area contributed by atoms with E-state index in [2.05, 4.69) is 15.3 Å². The quantitative estimate of drug-likeness (QED) is 0.723. The van der Waals surface area contributed by atoms with Crippen molar-refractivity contribution in [3.05, 3.63) is 47.8 Å².